The summed E-state index contributed by atoms with van der Waals surface area (Å²) in [7, 11) is 0. The first-order valence-corrected chi connectivity index (χ1v) is 7.77. The first-order valence-electron chi connectivity index (χ1n) is 7.77. The molecule has 19 heavy (non-hydrogen) atoms. The van der Waals surface area contributed by atoms with Gasteiger partial charge in [0.05, 0.1) is 0 Å². The van der Waals surface area contributed by atoms with Crippen LogP contribution >= 0.6 is 0 Å². The summed E-state index contributed by atoms with van der Waals surface area (Å²) >= 11 is 0. The molecular weight excluding hydrogens is 238 g/mol. The fourth-order valence-corrected chi connectivity index (χ4v) is 4.07. The third-order valence-corrected chi connectivity index (χ3v) is 5.03. The quantitative estimate of drug-likeness (QED) is 0.750. The molecule has 2 aliphatic carbocycles. The molecule has 0 aromatic rings. The molecule has 2 atom stereocenters. The second-order valence-corrected chi connectivity index (χ2v) is 6.28. The minimum absolute atomic E-state index is 0.463. The zero-order valence-corrected chi connectivity index (χ0v) is 12.1. The van der Waals surface area contributed by atoms with E-state index in [1.165, 1.54) is 51.4 Å². The van der Waals surface area contributed by atoms with E-state index in [0.29, 0.717) is 5.41 Å². The highest BCUT2D eigenvalue weighted by Crippen LogP contribution is 2.52. The number of primary amides is 1. The summed E-state index contributed by atoms with van der Waals surface area (Å²) in [6.45, 7) is 2.26. The van der Waals surface area contributed by atoms with Crippen molar-refractivity contribution >= 4 is 11.7 Å². The monoisotopic (exact) mass is 265 g/mol. The molecule has 3 N–H and O–H groups in total. The Morgan fingerprint density at radius 2 is 2.32 bits per heavy atom. The van der Waals surface area contributed by atoms with Crippen molar-refractivity contribution in [1.82, 2.24) is 5.43 Å². The van der Waals surface area contributed by atoms with Gasteiger partial charge in [-0.15, -0.1) is 0 Å². The Balaban J connectivity index is 2.07. The van der Waals surface area contributed by atoms with Crippen LogP contribution in [0, 0.1) is 11.3 Å². The minimum Gasteiger partial charge on any atom is -0.350 e. The smallest absolute Gasteiger partial charge is 0.332 e. The van der Waals surface area contributed by atoms with Gasteiger partial charge in [-0.3, -0.25) is 0 Å². The normalized spacial score (nSPS) is 32.9. The van der Waals surface area contributed by atoms with Crippen molar-refractivity contribution in [3.63, 3.8) is 0 Å². The number of nitrogens with one attached hydrogen (secondary N) is 1. The molecule has 0 heterocycles. The second kappa shape index (κ2) is 6.40. The van der Waals surface area contributed by atoms with Crippen molar-refractivity contribution in [2.75, 3.05) is 0 Å². The number of hydrogen-bond acceptors (Lipinski definition) is 2. The first kappa shape index (κ1) is 14.4. The maximum Gasteiger partial charge on any atom is 0.332 e. The molecule has 4 nitrogen and oxygen atoms in total. The van der Waals surface area contributed by atoms with E-state index in [9.17, 15) is 4.79 Å². The lowest BCUT2D eigenvalue weighted by molar-refractivity contribution is 0.0701. The van der Waals surface area contributed by atoms with Crippen LogP contribution in [-0.4, -0.2) is 11.7 Å². The predicted octanol–water partition coefficient (Wildman–Crippen LogP) is 3.56. The third kappa shape index (κ3) is 3.48. The van der Waals surface area contributed by atoms with Crippen molar-refractivity contribution in [1.29, 1.82) is 0 Å². The van der Waals surface area contributed by atoms with Gasteiger partial charge in [0, 0.05) is 5.71 Å². The number of nitrogens with zero attached hydrogens (tertiary/aromatic N) is 1. The number of hydrazone groups is 1. The zero-order chi connectivity index (χ0) is 13.7. The summed E-state index contributed by atoms with van der Waals surface area (Å²) in [6.07, 6.45) is 12.7. The summed E-state index contributed by atoms with van der Waals surface area (Å²) in [5, 5.41) is 4.22. The van der Waals surface area contributed by atoms with Gasteiger partial charge >= 0.3 is 6.03 Å². The predicted molar refractivity (Wildman–Crippen MR) is 77.9 cm³/mol. The number of carbonyl (C=O) groups is 1. The van der Waals surface area contributed by atoms with E-state index in [0.717, 1.165) is 24.5 Å². The lowest BCUT2D eigenvalue weighted by atomic mass is 9.57. The standard InChI is InChI=1S/C15H27N3O/c1-2-3-9-15-10-5-4-6-12(15)7-8-13(11-15)17-18-14(16)19/h12H,2-11H2,1H3,(H3,16,18,19)/b17-13+/t12-,15-/m1/s1. The summed E-state index contributed by atoms with van der Waals surface area (Å²) in [5.74, 6) is 0.875. The molecule has 108 valence electrons. The molecule has 2 rings (SSSR count). The summed E-state index contributed by atoms with van der Waals surface area (Å²) in [6, 6.07) is -0.555. The van der Waals surface area contributed by atoms with Crippen LogP contribution in [0.2, 0.25) is 0 Å². The molecule has 2 amide bonds. The van der Waals surface area contributed by atoms with Crippen LogP contribution < -0.4 is 11.2 Å². The maximum absolute atomic E-state index is 10.8. The van der Waals surface area contributed by atoms with Crippen LogP contribution in [-0.2, 0) is 0 Å². The zero-order valence-electron chi connectivity index (χ0n) is 12.1. The van der Waals surface area contributed by atoms with Crippen LogP contribution in [0.4, 0.5) is 4.79 Å². The molecule has 0 unspecified atom stereocenters. The fraction of sp³-hybridized carbons (Fsp3) is 0.867. The number of unbranched alkanes of at least 4 members (excludes halogenated alkanes) is 1. The third-order valence-electron chi connectivity index (χ3n) is 5.03. The van der Waals surface area contributed by atoms with Crippen LogP contribution in [0.3, 0.4) is 0 Å². The van der Waals surface area contributed by atoms with Crippen LogP contribution in [0.5, 0.6) is 0 Å². The first-order chi connectivity index (χ1) is 9.16. The SMILES string of the molecule is CCCC[C@]12CCCC[C@@H]1CC/C(=N\NC(N)=O)C2. The molecule has 0 radical (unpaired) electrons. The van der Waals surface area contributed by atoms with Gasteiger partial charge in [0.1, 0.15) is 0 Å². The van der Waals surface area contributed by atoms with Gasteiger partial charge in [-0.1, -0.05) is 32.6 Å². The Bertz CT molecular complexity index is 353. The Labute approximate surface area is 116 Å². The molecule has 0 aromatic carbocycles. The van der Waals surface area contributed by atoms with Gasteiger partial charge < -0.3 is 5.73 Å². The Hall–Kier alpha value is -1.06. The molecule has 0 saturated heterocycles. The number of fused-ring (bicyclic) bond motifs is 1. The van der Waals surface area contributed by atoms with E-state index in [1.54, 1.807) is 0 Å². The average molecular weight is 265 g/mol. The van der Waals surface area contributed by atoms with Gasteiger partial charge in [0.25, 0.3) is 0 Å². The van der Waals surface area contributed by atoms with Crippen molar-refractivity contribution in [3.8, 4) is 0 Å². The van der Waals surface area contributed by atoms with Crippen LogP contribution in [0.25, 0.3) is 0 Å². The largest absolute Gasteiger partial charge is 0.350 e. The van der Waals surface area contributed by atoms with Crippen molar-refractivity contribution in [2.24, 2.45) is 22.2 Å². The Morgan fingerprint density at radius 3 is 3.05 bits per heavy atom. The second-order valence-electron chi connectivity index (χ2n) is 6.28. The maximum atomic E-state index is 10.8. The number of hydrogen-bond donors (Lipinski definition) is 2. The van der Waals surface area contributed by atoms with Gasteiger partial charge in [0.2, 0.25) is 0 Å². The Morgan fingerprint density at radius 1 is 1.47 bits per heavy atom. The van der Waals surface area contributed by atoms with Crippen LogP contribution in [0.15, 0.2) is 5.10 Å². The number of urea groups is 1. The van der Waals surface area contributed by atoms with Gasteiger partial charge in [-0.05, 0) is 49.9 Å². The highest BCUT2D eigenvalue weighted by Gasteiger charge is 2.43. The van der Waals surface area contributed by atoms with E-state index >= 15 is 0 Å². The van der Waals surface area contributed by atoms with E-state index in [-0.39, 0.29) is 0 Å². The van der Waals surface area contributed by atoms with Crippen LogP contribution in [0.1, 0.15) is 71.1 Å². The summed E-state index contributed by atoms with van der Waals surface area (Å²) in [5.41, 5.74) is 9.12. The molecule has 4 heteroatoms. The topological polar surface area (TPSA) is 67.5 Å². The van der Waals surface area contributed by atoms with E-state index in [2.05, 4.69) is 17.5 Å². The lowest BCUT2D eigenvalue weighted by Gasteiger charge is -2.48. The molecule has 0 aliphatic heterocycles. The number of amides is 2. The molecule has 0 aromatic heterocycles. The lowest BCUT2D eigenvalue weighted by Crippen LogP contribution is -2.40. The molecule has 0 spiro atoms. The number of carbonyl (C=O) groups excluding carboxylic acids is 1. The fourth-order valence-electron chi connectivity index (χ4n) is 4.07. The molecule has 0 bridgehead atoms. The summed E-state index contributed by atoms with van der Waals surface area (Å²) < 4.78 is 0. The highest BCUT2D eigenvalue weighted by molar-refractivity contribution is 5.87. The van der Waals surface area contributed by atoms with Crippen molar-refractivity contribution < 1.29 is 4.79 Å². The summed E-state index contributed by atoms with van der Waals surface area (Å²) in [4.78, 5) is 10.8. The molecule has 2 fully saturated rings. The minimum atomic E-state index is -0.555. The number of nitrogens with two attached hydrogens (primary N) is 1. The van der Waals surface area contributed by atoms with Gasteiger partial charge in [-0.2, -0.15) is 5.10 Å². The van der Waals surface area contributed by atoms with E-state index in [1.807, 2.05) is 0 Å². The van der Waals surface area contributed by atoms with Gasteiger partial charge in [-0.25, -0.2) is 10.2 Å². The molecular formula is C15H27N3O. The van der Waals surface area contributed by atoms with Gasteiger partial charge in [0.15, 0.2) is 0 Å². The average Bonchev–Trinajstić information content (AvgIpc) is 2.42. The molecule has 2 saturated carbocycles. The molecule has 2 aliphatic rings. The highest BCUT2D eigenvalue weighted by atomic mass is 16.2. The number of rotatable bonds is 4. The van der Waals surface area contributed by atoms with E-state index < -0.39 is 6.03 Å². The Kier molecular flexibility index (Phi) is 4.83. The van der Waals surface area contributed by atoms with Crippen molar-refractivity contribution in [3.05, 3.63) is 0 Å². The van der Waals surface area contributed by atoms with Crippen molar-refractivity contribution in [2.45, 2.75) is 71.1 Å². The van der Waals surface area contributed by atoms with E-state index in [4.69, 9.17) is 5.73 Å².